The van der Waals surface area contributed by atoms with Gasteiger partial charge in [0, 0.05) is 0 Å². The lowest BCUT2D eigenvalue weighted by Gasteiger charge is -2.17. The Morgan fingerprint density at radius 2 is 1.80 bits per heavy atom. The topological polar surface area (TPSA) is 0 Å². The summed E-state index contributed by atoms with van der Waals surface area (Å²) >= 11 is 0. The molecular formula is C10H20. The second kappa shape index (κ2) is 3.41. The Kier molecular flexibility index (Phi) is 2.76. The summed E-state index contributed by atoms with van der Waals surface area (Å²) in [6.07, 6.45) is 5.88. The van der Waals surface area contributed by atoms with Gasteiger partial charge in [0.15, 0.2) is 0 Å². The van der Waals surface area contributed by atoms with Crippen LogP contribution in [0.2, 0.25) is 0 Å². The molecule has 0 heterocycles. The Morgan fingerprint density at radius 3 is 2.20 bits per heavy atom. The molecule has 0 bridgehead atoms. The van der Waals surface area contributed by atoms with Crippen molar-refractivity contribution in [3.63, 3.8) is 0 Å². The molecule has 0 radical (unpaired) electrons. The molecule has 0 saturated heterocycles. The molecule has 60 valence electrons. The maximum absolute atomic E-state index is 2.41. The minimum absolute atomic E-state index is 0.945. The molecule has 0 aromatic carbocycles. The van der Waals surface area contributed by atoms with Crippen molar-refractivity contribution in [3.05, 3.63) is 0 Å². The lowest BCUT2D eigenvalue weighted by Crippen LogP contribution is -2.07. The quantitative estimate of drug-likeness (QED) is 0.561. The second-order valence-corrected chi connectivity index (χ2v) is 4.04. The van der Waals surface area contributed by atoms with E-state index in [0.717, 1.165) is 17.8 Å². The van der Waals surface area contributed by atoms with Crippen molar-refractivity contribution in [1.82, 2.24) is 0 Å². The number of hydrogen-bond acceptors (Lipinski definition) is 0. The molecule has 0 aromatic rings. The van der Waals surface area contributed by atoms with Crippen LogP contribution in [0.5, 0.6) is 0 Å². The van der Waals surface area contributed by atoms with Crippen LogP contribution in [0.25, 0.3) is 0 Å². The van der Waals surface area contributed by atoms with Gasteiger partial charge in [0.05, 0.1) is 0 Å². The highest BCUT2D eigenvalue weighted by molar-refractivity contribution is 4.76. The summed E-state index contributed by atoms with van der Waals surface area (Å²) in [6, 6.07) is 0. The van der Waals surface area contributed by atoms with Crippen LogP contribution in [0, 0.1) is 17.8 Å². The van der Waals surface area contributed by atoms with Gasteiger partial charge in [-0.2, -0.15) is 0 Å². The molecule has 1 aliphatic rings. The Balaban J connectivity index is 2.11. The molecular weight excluding hydrogens is 120 g/mol. The summed E-state index contributed by atoms with van der Waals surface area (Å²) in [5.74, 6) is 3.03. The lowest BCUT2D eigenvalue weighted by molar-refractivity contribution is 0.340. The molecule has 1 saturated carbocycles. The van der Waals surface area contributed by atoms with Crippen LogP contribution in [0.15, 0.2) is 0 Å². The highest BCUT2D eigenvalue weighted by atomic mass is 14.3. The zero-order chi connectivity index (χ0) is 7.56. The maximum atomic E-state index is 2.41. The smallest absolute Gasteiger partial charge is 0.0411 e. The summed E-state index contributed by atoms with van der Waals surface area (Å²) in [6.45, 7) is 7.09. The van der Waals surface area contributed by atoms with Crippen molar-refractivity contribution in [2.75, 3.05) is 0 Å². The van der Waals surface area contributed by atoms with Crippen molar-refractivity contribution < 1.29 is 0 Å². The van der Waals surface area contributed by atoms with Crippen LogP contribution in [0.1, 0.15) is 46.5 Å². The van der Waals surface area contributed by atoms with Gasteiger partial charge in [-0.15, -0.1) is 0 Å². The fourth-order valence-corrected chi connectivity index (χ4v) is 1.51. The molecule has 1 fully saturated rings. The van der Waals surface area contributed by atoms with Gasteiger partial charge >= 0.3 is 0 Å². The van der Waals surface area contributed by atoms with Crippen molar-refractivity contribution in [2.45, 2.75) is 46.5 Å². The Labute approximate surface area is 65.0 Å². The summed E-state index contributed by atoms with van der Waals surface area (Å²) in [4.78, 5) is 0. The minimum Gasteiger partial charge on any atom is -0.0651 e. The average Bonchev–Trinajstić information content (AvgIpc) is 2.70. The van der Waals surface area contributed by atoms with Crippen LogP contribution in [0.4, 0.5) is 0 Å². The molecule has 2 unspecified atom stereocenters. The molecule has 2 atom stereocenters. The maximum Gasteiger partial charge on any atom is -0.0411 e. The third-order valence-corrected chi connectivity index (χ3v) is 3.02. The second-order valence-electron chi connectivity index (χ2n) is 4.04. The van der Waals surface area contributed by atoms with E-state index in [1.165, 1.54) is 25.7 Å². The van der Waals surface area contributed by atoms with E-state index in [4.69, 9.17) is 0 Å². The van der Waals surface area contributed by atoms with Crippen LogP contribution in [0.3, 0.4) is 0 Å². The molecule has 0 heteroatoms. The van der Waals surface area contributed by atoms with E-state index in [1.807, 2.05) is 0 Å². The zero-order valence-electron chi connectivity index (χ0n) is 7.56. The van der Waals surface area contributed by atoms with Gasteiger partial charge in [-0.1, -0.05) is 40.0 Å². The van der Waals surface area contributed by atoms with Gasteiger partial charge in [-0.25, -0.2) is 0 Å². The van der Waals surface area contributed by atoms with Gasteiger partial charge in [0.25, 0.3) is 0 Å². The van der Waals surface area contributed by atoms with Gasteiger partial charge in [-0.05, 0) is 24.2 Å². The highest BCUT2D eigenvalue weighted by Gasteiger charge is 2.25. The van der Waals surface area contributed by atoms with E-state index in [9.17, 15) is 0 Å². The van der Waals surface area contributed by atoms with E-state index in [1.54, 1.807) is 0 Å². The minimum atomic E-state index is 0.945. The average molecular weight is 140 g/mol. The molecule has 0 spiro atoms. The molecule has 1 aliphatic carbocycles. The van der Waals surface area contributed by atoms with E-state index in [-0.39, 0.29) is 0 Å². The van der Waals surface area contributed by atoms with Crippen molar-refractivity contribution in [2.24, 2.45) is 17.8 Å². The predicted octanol–water partition coefficient (Wildman–Crippen LogP) is 3.47. The van der Waals surface area contributed by atoms with Crippen LogP contribution >= 0.6 is 0 Å². The van der Waals surface area contributed by atoms with E-state index in [0.29, 0.717) is 0 Å². The van der Waals surface area contributed by atoms with Crippen molar-refractivity contribution in [1.29, 1.82) is 0 Å². The predicted molar refractivity (Wildman–Crippen MR) is 46.0 cm³/mol. The van der Waals surface area contributed by atoms with E-state index >= 15 is 0 Å². The van der Waals surface area contributed by atoms with Gasteiger partial charge < -0.3 is 0 Å². The van der Waals surface area contributed by atoms with Crippen LogP contribution in [-0.4, -0.2) is 0 Å². The normalized spacial score (nSPS) is 24.3. The van der Waals surface area contributed by atoms with Crippen LogP contribution in [-0.2, 0) is 0 Å². The summed E-state index contributed by atoms with van der Waals surface area (Å²) < 4.78 is 0. The fourth-order valence-electron chi connectivity index (χ4n) is 1.51. The number of hydrogen-bond donors (Lipinski definition) is 0. The molecule has 10 heavy (non-hydrogen) atoms. The first-order valence-corrected chi connectivity index (χ1v) is 4.74. The van der Waals surface area contributed by atoms with E-state index in [2.05, 4.69) is 20.8 Å². The van der Waals surface area contributed by atoms with Gasteiger partial charge in [-0.3, -0.25) is 0 Å². The monoisotopic (exact) mass is 140 g/mol. The Hall–Kier alpha value is 0. The fraction of sp³-hybridized carbons (Fsp3) is 1.00. The van der Waals surface area contributed by atoms with Crippen molar-refractivity contribution in [3.8, 4) is 0 Å². The highest BCUT2D eigenvalue weighted by Crippen LogP contribution is 2.37. The first-order chi connectivity index (χ1) is 4.74. The summed E-state index contributed by atoms with van der Waals surface area (Å²) in [7, 11) is 0. The van der Waals surface area contributed by atoms with Gasteiger partial charge in [0.2, 0.25) is 0 Å². The van der Waals surface area contributed by atoms with E-state index < -0.39 is 0 Å². The molecule has 0 amide bonds. The van der Waals surface area contributed by atoms with Gasteiger partial charge in [0.1, 0.15) is 0 Å². The number of rotatable bonds is 4. The van der Waals surface area contributed by atoms with Crippen molar-refractivity contribution >= 4 is 0 Å². The zero-order valence-corrected chi connectivity index (χ0v) is 7.56. The summed E-state index contributed by atoms with van der Waals surface area (Å²) in [5.41, 5.74) is 0. The largest absolute Gasteiger partial charge is 0.0651 e. The first kappa shape index (κ1) is 8.10. The Bertz CT molecular complexity index is 92.2. The Morgan fingerprint density at radius 1 is 1.20 bits per heavy atom. The molecule has 0 aromatic heterocycles. The SMILES string of the molecule is CCC(C)C(C)CC1CC1. The standard InChI is InChI=1S/C10H20/c1-4-8(2)9(3)7-10-5-6-10/h8-10H,4-7H2,1-3H3. The molecule has 1 rings (SSSR count). The first-order valence-electron chi connectivity index (χ1n) is 4.74. The third-order valence-electron chi connectivity index (χ3n) is 3.02. The molecule has 0 N–H and O–H groups in total. The van der Waals surface area contributed by atoms with Crippen LogP contribution < -0.4 is 0 Å². The lowest BCUT2D eigenvalue weighted by atomic mass is 9.89. The summed E-state index contributed by atoms with van der Waals surface area (Å²) in [5, 5.41) is 0. The third kappa shape index (κ3) is 2.32. The molecule has 0 nitrogen and oxygen atoms in total. The molecule has 0 aliphatic heterocycles.